The molecule has 2 N–H and O–H groups in total. The molecular weight excluding hydrogens is 300 g/mol. The molecule has 128 valence electrons. The molecule has 0 spiro atoms. The SMILES string of the molecule is CCc1ccc(C2CC(C)CCN2C(=O)c2ccc(CN)cc2)o1. The number of furan rings is 1. The van der Waals surface area contributed by atoms with Crippen LogP contribution in [0.1, 0.15) is 60.2 Å². The first-order valence-corrected chi connectivity index (χ1v) is 8.81. The summed E-state index contributed by atoms with van der Waals surface area (Å²) in [7, 11) is 0. The first kappa shape index (κ1) is 16.8. The highest BCUT2D eigenvalue weighted by atomic mass is 16.3. The summed E-state index contributed by atoms with van der Waals surface area (Å²) in [5, 5.41) is 0. The second-order valence-corrected chi connectivity index (χ2v) is 6.70. The minimum atomic E-state index is 0.0238. The molecule has 1 aliphatic heterocycles. The maximum atomic E-state index is 13.0. The van der Waals surface area contributed by atoms with E-state index in [-0.39, 0.29) is 11.9 Å². The number of likely N-dealkylation sites (tertiary alicyclic amines) is 1. The number of nitrogens with zero attached hydrogens (tertiary/aromatic N) is 1. The number of hydrogen-bond donors (Lipinski definition) is 1. The van der Waals surface area contributed by atoms with Crippen molar-refractivity contribution in [2.45, 2.75) is 45.7 Å². The molecule has 24 heavy (non-hydrogen) atoms. The Morgan fingerprint density at radius 1 is 1.25 bits per heavy atom. The molecule has 1 aromatic carbocycles. The van der Waals surface area contributed by atoms with Crippen molar-refractivity contribution in [3.05, 3.63) is 59.0 Å². The van der Waals surface area contributed by atoms with Crippen molar-refractivity contribution in [1.29, 1.82) is 0 Å². The van der Waals surface area contributed by atoms with E-state index in [1.54, 1.807) is 0 Å². The van der Waals surface area contributed by atoms with Crippen LogP contribution in [-0.2, 0) is 13.0 Å². The van der Waals surface area contributed by atoms with E-state index in [9.17, 15) is 4.79 Å². The number of piperidine rings is 1. The molecule has 1 fully saturated rings. The largest absolute Gasteiger partial charge is 0.464 e. The molecule has 0 radical (unpaired) electrons. The predicted octanol–water partition coefficient (Wildman–Crippen LogP) is 3.91. The monoisotopic (exact) mass is 326 g/mol. The molecule has 2 unspecified atom stereocenters. The summed E-state index contributed by atoms with van der Waals surface area (Å²) < 4.78 is 5.96. The molecule has 1 aliphatic rings. The van der Waals surface area contributed by atoms with Gasteiger partial charge in [-0.25, -0.2) is 0 Å². The topological polar surface area (TPSA) is 59.5 Å². The third kappa shape index (κ3) is 3.39. The molecule has 1 saturated heterocycles. The van der Waals surface area contributed by atoms with E-state index in [4.69, 9.17) is 10.2 Å². The third-order valence-corrected chi connectivity index (χ3v) is 4.92. The van der Waals surface area contributed by atoms with Gasteiger partial charge < -0.3 is 15.1 Å². The van der Waals surface area contributed by atoms with Crippen LogP contribution in [0.2, 0.25) is 0 Å². The minimum Gasteiger partial charge on any atom is -0.464 e. The number of benzene rings is 1. The van der Waals surface area contributed by atoms with Gasteiger partial charge >= 0.3 is 0 Å². The normalized spacial score (nSPS) is 21.0. The molecule has 1 amide bonds. The lowest BCUT2D eigenvalue weighted by molar-refractivity contribution is 0.0519. The van der Waals surface area contributed by atoms with Gasteiger partial charge in [0.25, 0.3) is 5.91 Å². The van der Waals surface area contributed by atoms with E-state index < -0.39 is 0 Å². The van der Waals surface area contributed by atoms with Crippen LogP contribution in [-0.4, -0.2) is 17.4 Å². The Labute approximate surface area is 143 Å². The summed E-state index contributed by atoms with van der Waals surface area (Å²) in [5.74, 6) is 2.55. The third-order valence-electron chi connectivity index (χ3n) is 4.92. The Hall–Kier alpha value is -2.07. The van der Waals surface area contributed by atoms with Crippen molar-refractivity contribution in [3.8, 4) is 0 Å². The molecule has 2 heterocycles. The van der Waals surface area contributed by atoms with Gasteiger partial charge in [-0.15, -0.1) is 0 Å². The van der Waals surface area contributed by atoms with Crippen LogP contribution in [0, 0.1) is 5.92 Å². The van der Waals surface area contributed by atoms with E-state index in [0.29, 0.717) is 18.0 Å². The van der Waals surface area contributed by atoms with Crippen LogP contribution in [0.4, 0.5) is 0 Å². The molecule has 0 saturated carbocycles. The van der Waals surface area contributed by atoms with Crippen molar-refractivity contribution in [2.75, 3.05) is 6.54 Å². The standard InChI is InChI=1S/C20H26N2O2/c1-3-17-8-9-19(24-17)18-12-14(2)10-11-22(18)20(23)16-6-4-15(13-21)5-7-16/h4-9,14,18H,3,10-13,21H2,1-2H3. The lowest BCUT2D eigenvalue weighted by Crippen LogP contribution is -2.40. The zero-order valence-electron chi connectivity index (χ0n) is 14.5. The minimum absolute atomic E-state index is 0.0238. The van der Waals surface area contributed by atoms with Crippen LogP contribution >= 0.6 is 0 Å². The maximum absolute atomic E-state index is 13.0. The van der Waals surface area contributed by atoms with Gasteiger partial charge in [-0.05, 0) is 48.6 Å². The van der Waals surface area contributed by atoms with Crippen LogP contribution in [0.25, 0.3) is 0 Å². The van der Waals surface area contributed by atoms with Gasteiger partial charge in [-0.1, -0.05) is 26.0 Å². The van der Waals surface area contributed by atoms with Gasteiger partial charge in [0.05, 0.1) is 6.04 Å². The Kier molecular flexibility index (Phi) is 5.05. The number of carbonyl (C=O) groups excluding carboxylic acids is 1. The molecule has 2 atom stereocenters. The first-order valence-electron chi connectivity index (χ1n) is 8.81. The average Bonchev–Trinajstić information content (AvgIpc) is 3.10. The highest BCUT2D eigenvalue weighted by molar-refractivity contribution is 5.94. The summed E-state index contributed by atoms with van der Waals surface area (Å²) >= 11 is 0. The average molecular weight is 326 g/mol. The fourth-order valence-electron chi connectivity index (χ4n) is 3.37. The quantitative estimate of drug-likeness (QED) is 0.926. The van der Waals surface area contributed by atoms with Crippen molar-refractivity contribution in [2.24, 2.45) is 11.7 Å². The van der Waals surface area contributed by atoms with Gasteiger partial charge in [0.15, 0.2) is 0 Å². The molecule has 0 aliphatic carbocycles. The van der Waals surface area contributed by atoms with Crippen LogP contribution in [0.3, 0.4) is 0 Å². The highest BCUT2D eigenvalue weighted by Gasteiger charge is 2.33. The molecule has 1 aromatic heterocycles. The van der Waals surface area contributed by atoms with Crippen LogP contribution in [0.5, 0.6) is 0 Å². The molecular formula is C20H26N2O2. The molecule has 2 aromatic rings. The smallest absolute Gasteiger partial charge is 0.254 e. The molecule has 4 nitrogen and oxygen atoms in total. The second-order valence-electron chi connectivity index (χ2n) is 6.70. The molecule has 0 bridgehead atoms. The number of amides is 1. The second kappa shape index (κ2) is 7.22. The van der Waals surface area contributed by atoms with E-state index in [1.165, 1.54) is 0 Å². The van der Waals surface area contributed by atoms with Gasteiger partial charge in [-0.2, -0.15) is 0 Å². The number of carbonyl (C=O) groups is 1. The van der Waals surface area contributed by atoms with Crippen molar-refractivity contribution in [3.63, 3.8) is 0 Å². The number of hydrogen-bond acceptors (Lipinski definition) is 3. The predicted molar refractivity (Wildman–Crippen MR) is 94.6 cm³/mol. The van der Waals surface area contributed by atoms with Crippen LogP contribution < -0.4 is 5.73 Å². The summed E-state index contributed by atoms with van der Waals surface area (Å²) in [4.78, 5) is 15.0. The first-order chi connectivity index (χ1) is 11.6. The summed E-state index contributed by atoms with van der Waals surface area (Å²) in [5.41, 5.74) is 7.39. The van der Waals surface area contributed by atoms with Gasteiger partial charge in [0.1, 0.15) is 11.5 Å². The maximum Gasteiger partial charge on any atom is 0.254 e. The van der Waals surface area contributed by atoms with Crippen LogP contribution in [0.15, 0.2) is 40.8 Å². The molecule has 4 heteroatoms. The fraction of sp³-hybridized carbons (Fsp3) is 0.450. The Bertz CT molecular complexity index is 690. The van der Waals surface area contributed by atoms with E-state index in [2.05, 4.69) is 13.8 Å². The number of aryl methyl sites for hydroxylation is 1. The van der Waals surface area contributed by atoms with E-state index in [0.717, 1.165) is 42.9 Å². The van der Waals surface area contributed by atoms with Crippen molar-refractivity contribution < 1.29 is 9.21 Å². The fourth-order valence-corrected chi connectivity index (χ4v) is 3.37. The highest BCUT2D eigenvalue weighted by Crippen LogP contribution is 2.36. The Balaban J connectivity index is 1.86. The van der Waals surface area contributed by atoms with Gasteiger partial charge in [0, 0.05) is 25.1 Å². The zero-order chi connectivity index (χ0) is 17.1. The number of nitrogens with two attached hydrogens (primary N) is 1. The van der Waals surface area contributed by atoms with Gasteiger partial charge in [-0.3, -0.25) is 4.79 Å². The lowest BCUT2D eigenvalue weighted by Gasteiger charge is -2.37. The Morgan fingerprint density at radius 3 is 2.62 bits per heavy atom. The van der Waals surface area contributed by atoms with E-state index in [1.807, 2.05) is 41.3 Å². The molecule has 3 rings (SSSR count). The zero-order valence-corrected chi connectivity index (χ0v) is 14.5. The van der Waals surface area contributed by atoms with Crippen molar-refractivity contribution >= 4 is 5.91 Å². The summed E-state index contributed by atoms with van der Waals surface area (Å²) in [6.07, 6.45) is 2.85. The van der Waals surface area contributed by atoms with Crippen molar-refractivity contribution in [1.82, 2.24) is 4.90 Å². The van der Waals surface area contributed by atoms with E-state index >= 15 is 0 Å². The lowest BCUT2D eigenvalue weighted by atomic mass is 9.90. The number of rotatable bonds is 4. The van der Waals surface area contributed by atoms with Gasteiger partial charge in [0.2, 0.25) is 0 Å². The summed E-state index contributed by atoms with van der Waals surface area (Å²) in [6.45, 7) is 5.58. The summed E-state index contributed by atoms with van der Waals surface area (Å²) in [6, 6.07) is 11.7. The Morgan fingerprint density at radius 2 is 2.00 bits per heavy atom.